The molecule has 0 amide bonds. The molecule has 0 spiro atoms. The maximum absolute atomic E-state index is 8.47. The molecule has 1 atom stereocenters. The molecule has 1 heterocycles. The fourth-order valence-corrected chi connectivity index (χ4v) is 1.34. The van der Waals surface area contributed by atoms with Crippen molar-refractivity contribution in [3.63, 3.8) is 0 Å². The molecule has 1 rings (SSSR count). The quantitative estimate of drug-likeness (QED) is 0.734. The largest absolute Gasteiger partial charge is 0.323 e. The molecule has 0 aliphatic rings. The Morgan fingerprint density at radius 1 is 1.77 bits per heavy atom. The van der Waals surface area contributed by atoms with Crippen LogP contribution in [0.1, 0.15) is 23.6 Å². The molecule has 0 aromatic carbocycles. The van der Waals surface area contributed by atoms with Crippen LogP contribution in [0.5, 0.6) is 0 Å². The van der Waals surface area contributed by atoms with Gasteiger partial charge in [0.2, 0.25) is 0 Å². The summed E-state index contributed by atoms with van der Waals surface area (Å²) in [7, 11) is 0. The van der Waals surface area contributed by atoms with Gasteiger partial charge in [-0.2, -0.15) is 5.26 Å². The first-order chi connectivity index (χ1) is 6.15. The molecule has 1 aromatic rings. The molecule has 0 saturated heterocycles. The summed E-state index contributed by atoms with van der Waals surface area (Å²) >= 11 is 5.68. The normalized spacial score (nSPS) is 12.2. The zero-order chi connectivity index (χ0) is 9.84. The monoisotopic (exact) mass is 195 g/mol. The Hall–Kier alpha value is -1.11. The molecule has 0 radical (unpaired) electrons. The number of halogens is 1. The lowest BCUT2D eigenvalue weighted by Crippen LogP contribution is -2.11. The van der Waals surface area contributed by atoms with E-state index in [1.54, 1.807) is 12.3 Å². The lowest BCUT2D eigenvalue weighted by molar-refractivity contribution is 0.738. The van der Waals surface area contributed by atoms with E-state index in [0.29, 0.717) is 11.6 Å². The molecule has 0 fully saturated rings. The fourth-order valence-electron chi connectivity index (χ4n) is 1.13. The van der Waals surface area contributed by atoms with E-state index in [0.717, 1.165) is 11.1 Å². The number of aryl methyl sites for hydroxylation is 1. The molecule has 0 aliphatic heterocycles. The van der Waals surface area contributed by atoms with Crippen molar-refractivity contribution in [2.24, 2.45) is 5.73 Å². The third-order valence-electron chi connectivity index (χ3n) is 1.83. The molecule has 2 N–H and O–H groups in total. The van der Waals surface area contributed by atoms with Gasteiger partial charge in [-0.1, -0.05) is 11.6 Å². The smallest absolute Gasteiger partial charge is 0.129 e. The van der Waals surface area contributed by atoms with Gasteiger partial charge in [-0.25, -0.2) is 4.98 Å². The van der Waals surface area contributed by atoms with Crippen molar-refractivity contribution in [3.05, 3.63) is 28.5 Å². The van der Waals surface area contributed by atoms with Crippen LogP contribution < -0.4 is 5.73 Å². The van der Waals surface area contributed by atoms with Crippen LogP contribution >= 0.6 is 11.6 Å². The van der Waals surface area contributed by atoms with E-state index in [1.807, 2.05) is 13.0 Å². The van der Waals surface area contributed by atoms with E-state index >= 15 is 0 Å². The summed E-state index contributed by atoms with van der Waals surface area (Å²) in [4.78, 5) is 3.92. The highest BCUT2D eigenvalue weighted by molar-refractivity contribution is 6.29. The van der Waals surface area contributed by atoms with Crippen molar-refractivity contribution in [1.29, 1.82) is 5.26 Å². The number of nitrogens with zero attached hydrogens (tertiary/aromatic N) is 2. The van der Waals surface area contributed by atoms with E-state index in [1.165, 1.54) is 0 Å². The van der Waals surface area contributed by atoms with Crippen molar-refractivity contribution in [1.82, 2.24) is 4.98 Å². The Kier molecular flexibility index (Phi) is 3.24. The molecular weight excluding hydrogens is 186 g/mol. The molecule has 13 heavy (non-hydrogen) atoms. The zero-order valence-electron chi connectivity index (χ0n) is 7.29. The predicted molar refractivity (Wildman–Crippen MR) is 51.1 cm³/mol. The van der Waals surface area contributed by atoms with Gasteiger partial charge in [-0.05, 0) is 24.1 Å². The van der Waals surface area contributed by atoms with Crippen LogP contribution in [0, 0.1) is 18.3 Å². The summed E-state index contributed by atoms with van der Waals surface area (Å²) in [6.07, 6.45) is 1.92. The van der Waals surface area contributed by atoms with Crippen LogP contribution in [0.3, 0.4) is 0 Å². The number of aromatic nitrogens is 1. The summed E-state index contributed by atoms with van der Waals surface area (Å²) in [6.45, 7) is 1.90. The van der Waals surface area contributed by atoms with Gasteiger partial charge in [0.15, 0.2) is 0 Å². The fraction of sp³-hybridized carbons (Fsp3) is 0.333. The summed E-state index contributed by atoms with van der Waals surface area (Å²) in [5, 5.41) is 8.92. The molecule has 0 saturated carbocycles. The maximum Gasteiger partial charge on any atom is 0.129 e. The first-order valence-electron chi connectivity index (χ1n) is 3.89. The maximum atomic E-state index is 8.47. The van der Waals surface area contributed by atoms with E-state index in [-0.39, 0.29) is 6.04 Å². The summed E-state index contributed by atoms with van der Waals surface area (Å²) in [5.74, 6) is 0. The van der Waals surface area contributed by atoms with Crippen LogP contribution in [0.4, 0.5) is 0 Å². The molecule has 4 heteroatoms. The minimum Gasteiger partial charge on any atom is -0.323 e. The van der Waals surface area contributed by atoms with Crippen molar-refractivity contribution in [2.45, 2.75) is 19.4 Å². The minimum absolute atomic E-state index is 0.269. The number of nitrogens with two attached hydrogens (primary N) is 1. The standard InChI is InChI=1S/C9H10ClN3/c1-6-4-9(10)13-5-7(6)8(12)2-3-11/h4-5,8H,2,12H2,1H3. The van der Waals surface area contributed by atoms with E-state index < -0.39 is 0 Å². The SMILES string of the molecule is Cc1cc(Cl)ncc1C(N)CC#N. The van der Waals surface area contributed by atoms with Crippen molar-refractivity contribution < 1.29 is 0 Å². The van der Waals surface area contributed by atoms with Crippen LogP contribution in [-0.4, -0.2) is 4.98 Å². The van der Waals surface area contributed by atoms with Crippen molar-refractivity contribution >= 4 is 11.6 Å². The average Bonchev–Trinajstić information content (AvgIpc) is 2.04. The van der Waals surface area contributed by atoms with Crippen molar-refractivity contribution in [2.75, 3.05) is 0 Å². The molecule has 0 aliphatic carbocycles. The Balaban J connectivity index is 2.96. The lowest BCUT2D eigenvalue weighted by Gasteiger charge is -2.10. The van der Waals surface area contributed by atoms with E-state index in [4.69, 9.17) is 22.6 Å². The Labute approximate surface area is 82.1 Å². The topological polar surface area (TPSA) is 62.7 Å². The number of nitriles is 1. The van der Waals surface area contributed by atoms with Crippen LogP contribution in [0.25, 0.3) is 0 Å². The summed E-state index contributed by atoms with van der Waals surface area (Å²) < 4.78 is 0. The van der Waals surface area contributed by atoms with Crippen LogP contribution in [-0.2, 0) is 0 Å². The third-order valence-corrected chi connectivity index (χ3v) is 2.04. The average molecular weight is 196 g/mol. The molecular formula is C9H10ClN3. The lowest BCUT2D eigenvalue weighted by atomic mass is 10.0. The van der Waals surface area contributed by atoms with Crippen LogP contribution in [0.2, 0.25) is 5.15 Å². The zero-order valence-corrected chi connectivity index (χ0v) is 8.04. The van der Waals surface area contributed by atoms with Crippen molar-refractivity contribution in [3.8, 4) is 6.07 Å². The van der Waals surface area contributed by atoms with Crippen LogP contribution in [0.15, 0.2) is 12.3 Å². The second kappa shape index (κ2) is 4.22. The Morgan fingerprint density at radius 3 is 3.00 bits per heavy atom. The molecule has 0 bridgehead atoms. The second-order valence-electron chi connectivity index (χ2n) is 2.83. The number of rotatable bonds is 2. The number of hydrogen-bond acceptors (Lipinski definition) is 3. The van der Waals surface area contributed by atoms with Gasteiger partial charge < -0.3 is 5.73 Å². The second-order valence-corrected chi connectivity index (χ2v) is 3.22. The summed E-state index contributed by atoms with van der Waals surface area (Å²) in [6, 6.07) is 3.50. The molecule has 3 nitrogen and oxygen atoms in total. The first kappa shape index (κ1) is 9.97. The predicted octanol–water partition coefficient (Wildman–Crippen LogP) is 1.96. The summed E-state index contributed by atoms with van der Waals surface area (Å²) in [5.41, 5.74) is 7.61. The van der Waals surface area contributed by atoms with Gasteiger partial charge >= 0.3 is 0 Å². The first-order valence-corrected chi connectivity index (χ1v) is 4.27. The highest BCUT2D eigenvalue weighted by Crippen LogP contribution is 2.19. The van der Waals surface area contributed by atoms with Gasteiger partial charge in [-0.15, -0.1) is 0 Å². The van der Waals surface area contributed by atoms with Gasteiger partial charge in [-0.3, -0.25) is 0 Å². The van der Waals surface area contributed by atoms with Gasteiger partial charge in [0.1, 0.15) is 5.15 Å². The highest BCUT2D eigenvalue weighted by Gasteiger charge is 2.08. The van der Waals surface area contributed by atoms with Gasteiger partial charge in [0.05, 0.1) is 12.5 Å². The van der Waals surface area contributed by atoms with E-state index in [9.17, 15) is 0 Å². The van der Waals surface area contributed by atoms with Gasteiger partial charge in [0.25, 0.3) is 0 Å². The Morgan fingerprint density at radius 2 is 2.46 bits per heavy atom. The molecule has 1 unspecified atom stereocenters. The minimum atomic E-state index is -0.269. The van der Waals surface area contributed by atoms with Gasteiger partial charge in [0, 0.05) is 12.2 Å². The highest BCUT2D eigenvalue weighted by atomic mass is 35.5. The Bertz CT molecular complexity index is 343. The number of pyridine rings is 1. The van der Waals surface area contributed by atoms with E-state index in [2.05, 4.69) is 4.98 Å². The molecule has 1 aromatic heterocycles. The molecule has 68 valence electrons. The number of hydrogen-bond donors (Lipinski definition) is 1. The third kappa shape index (κ3) is 2.41.